The molecule has 6 aromatic carbocycles. The summed E-state index contributed by atoms with van der Waals surface area (Å²) < 4.78 is 13.6. The van der Waals surface area contributed by atoms with Gasteiger partial charge >= 0.3 is 0 Å². The number of anilines is 2. The second kappa shape index (κ2) is 11.3. The molecule has 0 amide bonds. The number of benzene rings is 6. The van der Waals surface area contributed by atoms with Gasteiger partial charge in [0.2, 0.25) is 0 Å². The molecule has 5 aliphatic rings. The lowest BCUT2D eigenvalue weighted by molar-refractivity contribution is 0.359. The molecule has 1 aliphatic heterocycles. The predicted octanol–water partition coefficient (Wildman–Crippen LogP) is 13.1. The van der Waals surface area contributed by atoms with E-state index < -0.39 is 0 Å². The quantitative estimate of drug-likeness (QED) is 0.186. The number of allylic oxidation sites excluding steroid dienone is 8. The number of hydrogen-bond donors (Lipinski definition) is 0. The first-order chi connectivity index (χ1) is 25.8. The van der Waals surface area contributed by atoms with Crippen LogP contribution >= 0.6 is 0 Å². The Kier molecular flexibility index (Phi) is 6.42. The number of fused-ring (bicyclic) bond motifs is 11. The van der Waals surface area contributed by atoms with Crippen LogP contribution in [0.4, 0.5) is 11.4 Å². The molecule has 4 aliphatic carbocycles. The Morgan fingerprint density at radius 3 is 1.92 bits per heavy atom. The lowest BCUT2D eigenvalue weighted by atomic mass is 9.68. The molecule has 0 atom stereocenters. The number of nitrogens with zero attached hydrogens (tertiary/aromatic N) is 1. The van der Waals surface area contributed by atoms with E-state index in [2.05, 4.69) is 169 Å². The van der Waals surface area contributed by atoms with Crippen molar-refractivity contribution < 1.29 is 9.47 Å². The van der Waals surface area contributed by atoms with Gasteiger partial charge in [-0.15, -0.1) is 0 Å². The SMILES string of the molecule is C1=CCCC(N(c2ccc(-c3ccccc3)cc2)c2ccc3c(c2)Oc2cc4c(cc2O3)C2(C3=C4C=CCC3)c3ccccc3-c3ccccc32)=C1. The molecule has 0 aromatic heterocycles. The van der Waals surface area contributed by atoms with E-state index >= 15 is 0 Å². The summed E-state index contributed by atoms with van der Waals surface area (Å²) in [6.07, 6.45) is 15.3. The Morgan fingerprint density at radius 2 is 1.15 bits per heavy atom. The van der Waals surface area contributed by atoms with Gasteiger partial charge in [0, 0.05) is 23.1 Å². The van der Waals surface area contributed by atoms with Gasteiger partial charge in [-0.3, -0.25) is 0 Å². The summed E-state index contributed by atoms with van der Waals surface area (Å²) in [4.78, 5) is 2.35. The first-order valence-electron chi connectivity index (χ1n) is 18.4. The molecule has 0 fully saturated rings. The Morgan fingerprint density at radius 1 is 0.500 bits per heavy atom. The normalized spacial score (nSPS) is 16.5. The molecule has 6 aromatic rings. The molecule has 0 saturated heterocycles. The van der Waals surface area contributed by atoms with Crippen molar-refractivity contribution in [2.45, 2.75) is 31.1 Å². The van der Waals surface area contributed by atoms with Crippen molar-refractivity contribution in [2.75, 3.05) is 4.90 Å². The van der Waals surface area contributed by atoms with Gasteiger partial charge in [-0.25, -0.2) is 0 Å². The lowest BCUT2D eigenvalue weighted by Gasteiger charge is -2.34. The van der Waals surface area contributed by atoms with E-state index in [1.165, 1.54) is 61.4 Å². The van der Waals surface area contributed by atoms with E-state index in [1.807, 2.05) is 0 Å². The van der Waals surface area contributed by atoms with Gasteiger partial charge in [-0.1, -0.05) is 115 Å². The summed E-state index contributed by atoms with van der Waals surface area (Å²) in [7, 11) is 0. The summed E-state index contributed by atoms with van der Waals surface area (Å²) in [5, 5.41) is 0. The highest BCUT2D eigenvalue weighted by Gasteiger charge is 2.53. The zero-order valence-corrected chi connectivity index (χ0v) is 28.7. The van der Waals surface area contributed by atoms with E-state index in [0.29, 0.717) is 0 Å². The van der Waals surface area contributed by atoms with Crippen LogP contribution in [0.5, 0.6) is 23.0 Å². The zero-order chi connectivity index (χ0) is 34.2. The molecule has 0 unspecified atom stereocenters. The molecule has 52 heavy (non-hydrogen) atoms. The van der Waals surface area contributed by atoms with Crippen molar-refractivity contribution in [1.29, 1.82) is 0 Å². The summed E-state index contributed by atoms with van der Waals surface area (Å²) in [6.45, 7) is 0. The molecule has 3 heteroatoms. The summed E-state index contributed by atoms with van der Waals surface area (Å²) in [5.74, 6) is 2.97. The van der Waals surface area contributed by atoms with Crippen LogP contribution in [0.1, 0.15) is 47.9 Å². The first kappa shape index (κ1) is 29.4. The Balaban J connectivity index is 1.01. The smallest absolute Gasteiger partial charge is 0.172 e. The van der Waals surface area contributed by atoms with Gasteiger partial charge < -0.3 is 14.4 Å². The second-order valence-electron chi connectivity index (χ2n) is 14.2. The van der Waals surface area contributed by atoms with Gasteiger partial charge in [0.05, 0.1) is 5.41 Å². The number of hydrogen-bond acceptors (Lipinski definition) is 3. The van der Waals surface area contributed by atoms with Gasteiger partial charge in [0.25, 0.3) is 0 Å². The molecule has 1 heterocycles. The molecule has 0 radical (unpaired) electrons. The number of ether oxygens (including phenoxy) is 2. The van der Waals surface area contributed by atoms with Gasteiger partial charge in [-0.05, 0) is 124 Å². The lowest BCUT2D eigenvalue weighted by Crippen LogP contribution is -2.27. The van der Waals surface area contributed by atoms with Crippen LogP contribution in [0.2, 0.25) is 0 Å². The zero-order valence-electron chi connectivity index (χ0n) is 28.7. The fraction of sp³-hybridized carbons (Fsp3) is 0.102. The van der Waals surface area contributed by atoms with Crippen molar-refractivity contribution in [3.05, 3.63) is 197 Å². The molecule has 248 valence electrons. The maximum atomic E-state index is 6.83. The van der Waals surface area contributed by atoms with Crippen LogP contribution in [0, 0.1) is 0 Å². The topological polar surface area (TPSA) is 21.7 Å². The Labute approximate surface area is 304 Å². The fourth-order valence-corrected chi connectivity index (χ4v) is 9.30. The van der Waals surface area contributed by atoms with Crippen LogP contribution in [0.25, 0.3) is 27.8 Å². The fourth-order valence-electron chi connectivity index (χ4n) is 9.30. The van der Waals surface area contributed by atoms with Crippen molar-refractivity contribution in [3.8, 4) is 45.3 Å². The van der Waals surface area contributed by atoms with Crippen molar-refractivity contribution in [2.24, 2.45) is 0 Å². The first-order valence-corrected chi connectivity index (χ1v) is 18.4. The van der Waals surface area contributed by atoms with Crippen molar-refractivity contribution in [3.63, 3.8) is 0 Å². The largest absolute Gasteiger partial charge is 0.449 e. The summed E-state index contributed by atoms with van der Waals surface area (Å²) in [5.41, 5.74) is 16.2. The molecule has 0 saturated carbocycles. The third-order valence-electron chi connectivity index (χ3n) is 11.5. The predicted molar refractivity (Wildman–Crippen MR) is 211 cm³/mol. The molecule has 0 bridgehead atoms. The van der Waals surface area contributed by atoms with E-state index in [4.69, 9.17) is 9.47 Å². The molecule has 3 nitrogen and oxygen atoms in total. The summed E-state index contributed by atoms with van der Waals surface area (Å²) in [6, 6.07) is 48.2. The molecule has 11 rings (SSSR count). The van der Waals surface area contributed by atoms with Gasteiger partial charge in [0.15, 0.2) is 23.0 Å². The van der Waals surface area contributed by atoms with E-state index in [1.54, 1.807) is 0 Å². The van der Waals surface area contributed by atoms with E-state index in [9.17, 15) is 0 Å². The van der Waals surface area contributed by atoms with Crippen molar-refractivity contribution in [1.82, 2.24) is 0 Å². The second-order valence-corrected chi connectivity index (χ2v) is 14.2. The standard InChI is InChI=1S/C49H35NO2/c1-3-13-32(14-4-1)33-23-25-35(26-24-33)50(34-15-5-2-6-16-34)36-27-28-45-46(29-36)52-47-30-40-39-19-9-12-22-43(39)49(44(40)31-48(47)51-45)41-20-10-7-17-37(41)38-18-8-11-21-42(38)49/h1-5,7-11,13-15,17-21,23-31H,6,12,16,22H2. The van der Waals surface area contributed by atoms with Crippen LogP contribution in [0.3, 0.4) is 0 Å². The minimum absolute atomic E-state index is 0.343. The van der Waals surface area contributed by atoms with Crippen LogP contribution in [-0.4, -0.2) is 0 Å². The Hall–Kier alpha value is -6.32. The van der Waals surface area contributed by atoms with E-state index in [0.717, 1.165) is 60.1 Å². The van der Waals surface area contributed by atoms with Gasteiger partial charge in [-0.2, -0.15) is 0 Å². The third kappa shape index (κ3) is 4.20. The van der Waals surface area contributed by atoms with Crippen LogP contribution < -0.4 is 14.4 Å². The van der Waals surface area contributed by atoms with Gasteiger partial charge in [0.1, 0.15) is 0 Å². The molecular weight excluding hydrogens is 635 g/mol. The highest BCUT2D eigenvalue weighted by molar-refractivity contribution is 5.97. The molecule has 0 N–H and O–H groups in total. The third-order valence-corrected chi connectivity index (χ3v) is 11.5. The summed E-state index contributed by atoms with van der Waals surface area (Å²) >= 11 is 0. The number of rotatable bonds is 4. The maximum absolute atomic E-state index is 6.83. The maximum Gasteiger partial charge on any atom is 0.172 e. The highest BCUT2D eigenvalue weighted by Crippen LogP contribution is 2.65. The minimum atomic E-state index is -0.343. The average molecular weight is 670 g/mol. The Bertz CT molecular complexity index is 2520. The monoisotopic (exact) mass is 669 g/mol. The van der Waals surface area contributed by atoms with E-state index in [-0.39, 0.29) is 5.41 Å². The van der Waals surface area contributed by atoms with Crippen molar-refractivity contribution >= 4 is 16.9 Å². The highest BCUT2D eigenvalue weighted by atomic mass is 16.6. The molecular formula is C49H35NO2. The van der Waals surface area contributed by atoms with Crippen LogP contribution in [0.15, 0.2) is 175 Å². The molecule has 1 spiro atoms. The minimum Gasteiger partial charge on any atom is -0.449 e. The average Bonchev–Trinajstić information content (AvgIpc) is 3.67. The van der Waals surface area contributed by atoms with Crippen LogP contribution in [-0.2, 0) is 5.41 Å².